The first-order valence-corrected chi connectivity index (χ1v) is 7.01. The predicted molar refractivity (Wildman–Crippen MR) is 77.8 cm³/mol. The van der Waals surface area contributed by atoms with Crippen molar-refractivity contribution in [3.8, 4) is 0 Å². The molecule has 0 aromatic carbocycles. The number of rotatable bonds is 9. The Morgan fingerprint density at radius 3 is 2.61 bits per heavy atom. The van der Waals surface area contributed by atoms with E-state index in [0.29, 0.717) is 6.04 Å². The summed E-state index contributed by atoms with van der Waals surface area (Å²) in [6, 6.07) is 4.88. The third-order valence-corrected chi connectivity index (χ3v) is 3.53. The molecule has 0 aliphatic rings. The molecule has 0 radical (unpaired) electrons. The summed E-state index contributed by atoms with van der Waals surface area (Å²) in [5, 5.41) is 3.36. The highest BCUT2D eigenvalue weighted by atomic mass is 15.1. The van der Waals surface area contributed by atoms with Crippen molar-refractivity contribution in [1.29, 1.82) is 0 Å². The molecule has 0 fully saturated rings. The minimum absolute atomic E-state index is 0.679. The highest BCUT2D eigenvalue weighted by Crippen LogP contribution is 2.03. The highest BCUT2D eigenvalue weighted by molar-refractivity contribution is 5.09. The Morgan fingerprint density at radius 1 is 1.28 bits per heavy atom. The van der Waals surface area contributed by atoms with Gasteiger partial charge in [-0.25, -0.2) is 0 Å². The number of pyridine rings is 1. The Balaban J connectivity index is 2.12. The van der Waals surface area contributed by atoms with Crippen molar-refractivity contribution < 1.29 is 0 Å². The summed E-state index contributed by atoms with van der Waals surface area (Å²) in [6.07, 6.45) is 8.61. The zero-order chi connectivity index (χ0) is 13.2. The molecule has 3 nitrogen and oxygen atoms in total. The second kappa shape index (κ2) is 9.06. The van der Waals surface area contributed by atoms with E-state index in [1.807, 2.05) is 12.4 Å². The fourth-order valence-electron chi connectivity index (χ4n) is 2.14. The molecule has 1 aromatic heterocycles. The Labute approximate surface area is 112 Å². The van der Waals surface area contributed by atoms with Gasteiger partial charge in [0, 0.05) is 25.0 Å². The molecule has 1 N–H and O–H groups in total. The molecule has 1 unspecified atom stereocenters. The first-order chi connectivity index (χ1) is 8.76. The van der Waals surface area contributed by atoms with Gasteiger partial charge in [-0.15, -0.1) is 0 Å². The fraction of sp³-hybridized carbons (Fsp3) is 0.667. The SMILES string of the molecule is CCC(CCCN(C)CCc1ccncc1)NC. The minimum atomic E-state index is 0.679. The van der Waals surface area contributed by atoms with Crippen LogP contribution in [0, 0.1) is 0 Å². The third-order valence-electron chi connectivity index (χ3n) is 3.53. The van der Waals surface area contributed by atoms with E-state index in [4.69, 9.17) is 0 Å². The van der Waals surface area contributed by atoms with Gasteiger partial charge in [0.05, 0.1) is 0 Å². The van der Waals surface area contributed by atoms with Crippen molar-refractivity contribution in [1.82, 2.24) is 15.2 Å². The topological polar surface area (TPSA) is 28.2 Å². The molecular weight excluding hydrogens is 222 g/mol. The zero-order valence-electron chi connectivity index (χ0n) is 12.0. The second-order valence-corrected chi connectivity index (χ2v) is 4.94. The van der Waals surface area contributed by atoms with Gasteiger partial charge in [-0.05, 0) is 64.0 Å². The number of aromatic nitrogens is 1. The van der Waals surface area contributed by atoms with E-state index in [1.165, 1.54) is 31.4 Å². The summed E-state index contributed by atoms with van der Waals surface area (Å²) in [6.45, 7) is 4.55. The standard InChI is InChI=1S/C15H27N3/c1-4-15(16-2)6-5-12-18(3)13-9-14-7-10-17-11-8-14/h7-8,10-11,15-16H,4-6,9,12-13H2,1-3H3. The van der Waals surface area contributed by atoms with Gasteiger partial charge in [-0.2, -0.15) is 0 Å². The van der Waals surface area contributed by atoms with Crippen molar-refractivity contribution in [2.24, 2.45) is 0 Å². The van der Waals surface area contributed by atoms with Gasteiger partial charge < -0.3 is 10.2 Å². The molecule has 0 spiro atoms. The zero-order valence-corrected chi connectivity index (χ0v) is 12.0. The van der Waals surface area contributed by atoms with E-state index in [0.717, 1.165) is 13.0 Å². The molecule has 0 saturated carbocycles. The fourth-order valence-corrected chi connectivity index (χ4v) is 2.14. The van der Waals surface area contributed by atoms with Gasteiger partial charge in [0.25, 0.3) is 0 Å². The van der Waals surface area contributed by atoms with Crippen molar-refractivity contribution >= 4 is 0 Å². The molecule has 1 aromatic rings. The lowest BCUT2D eigenvalue weighted by molar-refractivity contribution is 0.319. The van der Waals surface area contributed by atoms with Crippen molar-refractivity contribution in [3.05, 3.63) is 30.1 Å². The van der Waals surface area contributed by atoms with E-state index in [-0.39, 0.29) is 0 Å². The molecule has 1 heterocycles. The van der Waals surface area contributed by atoms with Gasteiger partial charge in [0.1, 0.15) is 0 Å². The number of nitrogens with zero attached hydrogens (tertiary/aromatic N) is 2. The van der Waals surface area contributed by atoms with Crippen LogP contribution in [0.15, 0.2) is 24.5 Å². The van der Waals surface area contributed by atoms with Crippen LogP contribution < -0.4 is 5.32 Å². The van der Waals surface area contributed by atoms with E-state index < -0.39 is 0 Å². The second-order valence-electron chi connectivity index (χ2n) is 4.94. The largest absolute Gasteiger partial charge is 0.317 e. The lowest BCUT2D eigenvalue weighted by Crippen LogP contribution is -2.27. The quantitative estimate of drug-likeness (QED) is 0.728. The van der Waals surface area contributed by atoms with Crippen LogP contribution in [0.5, 0.6) is 0 Å². The molecule has 0 aliphatic heterocycles. The summed E-state index contributed by atoms with van der Waals surface area (Å²) in [7, 11) is 4.27. The van der Waals surface area contributed by atoms with Crippen LogP contribution in [0.4, 0.5) is 0 Å². The first-order valence-electron chi connectivity index (χ1n) is 7.01. The number of nitrogens with one attached hydrogen (secondary N) is 1. The van der Waals surface area contributed by atoms with Gasteiger partial charge in [0.2, 0.25) is 0 Å². The lowest BCUT2D eigenvalue weighted by atomic mass is 10.1. The maximum absolute atomic E-state index is 4.04. The van der Waals surface area contributed by atoms with Gasteiger partial charge >= 0.3 is 0 Å². The van der Waals surface area contributed by atoms with E-state index in [1.54, 1.807) is 0 Å². The Kier molecular flexibility index (Phi) is 7.62. The maximum Gasteiger partial charge on any atom is 0.0270 e. The monoisotopic (exact) mass is 249 g/mol. The smallest absolute Gasteiger partial charge is 0.0270 e. The van der Waals surface area contributed by atoms with Crippen LogP contribution in [0.25, 0.3) is 0 Å². The van der Waals surface area contributed by atoms with Crippen LogP contribution in [0.1, 0.15) is 31.7 Å². The summed E-state index contributed by atoms with van der Waals surface area (Å²) in [4.78, 5) is 6.46. The number of hydrogen-bond acceptors (Lipinski definition) is 3. The van der Waals surface area contributed by atoms with Gasteiger partial charge in [-0.3, -0.25) is 4.98 Å². The molecule has 0 aliphatic carbocycles. The summed E-state index contributed by atoms with van der Waals surface area (Å²) in [5.41, 5.74) is 1.37. The van der Waals surface area contributed by atoms with Crippen molar-refractivity contribution in [2.45, 2.75) is 38.6 Å². The lowest BCUT2D eigenvalue weighted by Gasteiger charge is -2.19. The van der Waals surface area contributed by atoms with Gasteiger partial charge in [0.15, 0.2) is 0 Å². The predicted octanol–water partition coefficient (Wildman–Crippen LogP) is 2.33. The van der Waals surface area contributed by atoms with Crippen LogP contribution in [-0.4, -0.2) is 43.1 Å². The average molecular weight is 249 g/mol. The molecule has 0 saturated heterocycles. The molecule has 1 rings (SSSR count). The number of hydrogen-bond donors (Lipinski definition) is 1. The highest BCUT2D eigenvalue weighted by Gasteiger charge is 2.04. The summed E-state index contributed by atoms with van der Waals surface area (Å²) < 4.78 is 0. The molecular formula is C15H27N3. The molecule has 18 heavy (non-hydrogen) atoms. The van der Waals surface area contributed by atoms with Crippen LogP contribution in [-0.2, 0) is 6.42 Å². The molecule has 102 valence electrons. The minimum Gasteiger partial charge on any atom is -0.317 e. The van der Waals surface area contributed by atoms with Crippen LogP contribution >= 0.6 is 0 Å². The van der Waals surface area contributed by atoms with Crippen LogP contribution in [0.3, 0.4) is 0 Å². The average Bonchev–Trinajstić information content (AvgIpc) is 2.42. The molecule has 0 amide bonds. The Morgan fingerprint density at radius 2 is 2.00 bits per heavy atom. The maximum atomic E-state index is 4.04. The van der Waals surface area contributed by atoms with Gasteiger partial charge in [-0.1, -0.05) is 6.92 Å². The van der Waals surface area contributed by atoms with Crippen molar-refractivity contribution in [2.75, 3.05) is 27.2 Å². The van der Waals surface area contributed by atoms with E-state index in [2.05, 4.69) is 48.4 Å². The Hall–Kier alpha value is -0.930. The van der Waals surface area contributed by atoms with E-state index >= 15 is 0 Å². The normalized spacial score (nSPS) is 12.9. The molecule has 0 bridgehead atoms. The summed E-state index contributed by atoms with van der Waals surface area (Å²) in [5.74, 6) is 0. The Bertz CT molecular complexity index is 296. The summed E-state index contributed by atoms with van der Waals surface area (Å²) >= 11 is 0. The molecule has 1 atom stereocenters. The van der Waals surface area contributed by atoms with Crippen LogP contribution in [0.2, 0.25) is 0 Å². The first kappa shape index (κ1) is 15.1. The molecule has 3 heteroatoms. The van der Waals surface area contributed by atoms with Crippen molar-refractivity contribution in [3.63, 3.8) is 0 Å². The van der Waals surface area contributed by atoms with E-state index in [9.17, 15) is 0 Å². The third kappa shape index (κ3) is 6.12. The number of likely N-dealkylation sites (N-methyl/N-ethyl adjacent to an activating group) is 1.